The monoisotopic (exact) mass is 691 g/mol. The topological polar surface area (TPSA) is 86.8 Å². The number of amides is 2. The van der Waals surface area contributed by atoms with E-state index in [-0.39, 0.29) is 33.9 Å². The molecule has 44 heavy (non-hydrogen) atoms. The molecule has 7 nitrogen and oxygen atoms in total. The Morgan fingerprint density at radius 3 is 2.05 bits per heavy atom. The van der Waals surface area contributed by atoms with Crippen LogP contribution in [0, 0.1) is 6.92 Å². The quantitative estimate of drug-likeness (QED) is 0.226. The zero-order chi connectivity index (χ0) is 33.0. The molecule has 2 amide bonds. The molecule has 0 radical (unpaired) electrons. The lowest BCUT2D eigenvalue weighted by atomic mass is 10.1. The highest BCUT2D eigenvalue weighted by Crippen LogP contribution is 2.38. The Morgan fingerprint density at radius 2 is 1.52 bits per heavy atom. The number of nitrogens with zero attached hydrogens (tertiary/aromatic N) is 2. The van der Waals surface area contributed by atoms with E-state index in [1.165, 1.54) is 24.3 Å². The Kier molecular flexibility index (Phi) is 11.6. The van der Waals surface area contributed by atoms with Gasteiger partial charge in [0.15, 0.2) is 0 Å². The van der Waals surface area contributed by atoms with Crippen molar-refractivity contribution in [3.05, 3.63) is 92.4 Å². The summed E-state index contributed by atoms with van der Waals surface area (Å²) >= 11 is 18.6. The van der Waals surface area contributed by atoms with E-state index in [0.717, 1.165) is 22.6 Å². The lowest BCUT2D eigenvalue weighted by Crippen LogP contribution is -2.53. The Bertz CT molecular complexity index is 1600. The molecule has 0 fully saturated rings. The van der Waals surface area contributed by atoms with E-state index in [2.05, 4.69) is 5.32 Å². The molecule has 0 aliphatic rings. The second-order valence-corrected chi connectivity index (χ2v) is 13.4. The number of hydrogen-bond donors (Lipinski definition) is 1. The first kappa shape index (κ1) is 35.5. The molecule has 0 spiro atoms. The van der Waals surface area contributed by atoms with Crippen LogP contribution in [0.2, 0.25) is 15.1 Å². The van der Waals surface area contributed by atoms with Gasteiger partial charge in [0, 0.05) is 28.2 Å². The molecule has 0 aliphatic carbocycles. The molecule has 14 heteroatoms. The molecule has 238 valence electrons. The minimum atomic E-state index is -4.91. The van der Waals surface area contributed by atoms with Gasteiger partial charge in [0.2, 0.25) is 11.8 Å². The molecule has 0 bridgehead atoms. The third kappa shape index (κ3) is 8.38. The smallest absolute Gasteiger partial charge is 0.352 e. The van der Waals surface area contributed by atoms with Gasteiger partial charge in [0.05, 0.1) is 21.2 Å². The van der Waals surface area contributed by atoms with Crippen molar-refractivity contribution >= 4 is 62.3 Å². The molecule has 3 aromatic carbocycles. The predicted molar refractivity (Wildman–Crippen MR) is 167 cm³/mol. The van der Waals surface area contributed by atoms with E-state index < -0.39 is 56.9 Å². The summed E-state index contributed by atoms with van der Waals surface area (Å²) in [5.74, 6) is -1.40. The summed E-state index contributed by atoms with van der Waals surface area (Å²) in [6.45, 7) is 5.62. The largest absolute Gasteiger partial charge is 0.417 e. The van der Waals surface area contributed by atoms with Gasteiger partial charge in [0.25, 0.3) is 10.0 Å². The molecular formula is C30H31Cl3F3N3O4S. The summed E-state index contributed by atoms with van der Waals surface area (Å²) in [6, 6.07) is 11.5. The minimum absolute atomic E-state index is 0.121. The number of anilines is 1. The first-order valence-electron chi connectivity index (χ1n) is 13.5. The van der Waals surface area contributed by atoms with Crippen molar-refractivity contribution in [2.75, 3.05) is 10.8 Å². The summed E-state index contributed by atoms with van der Waals surface area (Å²) in [4.78, 5) is 28.2. The number of hydrogen-bond acceptors (Lipinski definition) is 4. The molecule has 3 rings (SSSR count). The van der Waals surface area contributed by atoms with Crippen LogP contribution in [0.1, 0.15) is 43.9 Å². The van der Waals surface area contributed by atoms with Crippen molar-refractivity contribution in [3.63, 3.8) is 0 Å². The summed E-state index contributed by atoms with van der Waals surface area (Å²) in [7, 11) is -4.61. The van der Waals surface area contributed by atoms with Crippen molar-refractivity contribution < 1.29 is 31.2 Å². The Labute approximate surface area is 269 Å². The molecule has 0 aliphatic heterocycles. The van der Waals surface area contributed by atoms with Crippen molar-refractivity contribution in [1.82, 2.24) is 10.2 Å². The van der Waals surface area contributed by atoms with Crippen LogP contribution in [0.15, 0.2) is 65.6 Å². The summed E-state index contributed by atoms with van der Waals surface area (Å²) in [6.07, 6.45) is -4.79. The normalized spacial score (nSPS) is 12.6. The van der Waals surface area contributed by atoms with E-state index in [9.17, 15) is 31.2 Å². The number of alkyl halides is 3. The highest BCUT2D eigenvalue weighted by Gasteiger charge is 2.37. The first-order valence-corrected chi connectivity index (χ1v) is 16.0. The number of halogens is 6. The molecule has 0 saturated heterocycles. The lowest BCUT2D eigenvalue weighted by Gasteiger charge is -2.34. The maximum atomic E-state index is 14.1. The number of carbonyl (C=O) groups excluding carboxylic acids is 2. The predicted octanol–water partition coefficient (Wildman–Crippen LogP) is 7.50. The van der Waals surface area contributed by atoms with Gasteiger partial charge in [-0.2, -0.15) is 13.2 Å². The Balaban J connectivity index is 2.19. The van der Waals surface area contributed by atoms with Gasteiger partial charge in [-0.05, 0) is 69.7 Å². The minimum Gasteiger partial charge on any atom is -0.352 e. The molecule has 1 atom stereocenters. The van der Waals surface area contributed by atoms with Crippen molar-refractivity contribution in [1.29, 1.82) is 0 Å². The van der Waals surface area contributed by atoms with Crippen LogP contribution < -0.4 is 9.62 Å². The van der Waals surface area contributed by atoms with Crippen LogP contribution in [0.4, 0.5) is 18.9 Å². The van der Waals surface area contributed by atoms with Gasteiger partial charge in [-0.1, -0.05) is 65.5 Å². The van der Waals surface area contributed by atoms with Crippen LogP contribution in [-0.2, 0) is 32.3 Å². The zero-order valence-corrected chi connectivity index (χ0v) is 27.3. The number of benzene rings is 3. The van der Waals surface area contributed by atoms with E-state index >= 15 is 0 Å². The Morgan fingerprint density at radius 1 is 0.932 bits per heavy atom. The number of nitrogens with one attached hydrogen (secondary N) is 1. The van der Waals surface area contributed by atoms with Crippen molar-refractivity contribution in [2.24, 2.45) is 0 Å². The average Bonchev–Trinajstić information content (AvgIpc) is 2.92. The maximum absolute atomic E-state index is 14.1. The highest BCUT2D eigenvalue weighted by atomic mass is 35.5. The zero-order valence-electron chi connectivity index (χ0n) is 24.3. The maximum Gasteiger partial charge on any atom is 0.417 e. The fraction of sp³-hybridized carbons (Fsp3) is 0.333. The molecule has 0 saturated carbocycles. The number of sulfonamides is 1. The number of carbonyl (C=O) groups is 2. The third-order valence-corrected chi connectivity index (χ3v) is 9.46. The van der Waals surface area contributed by atoms with E-state index in [0.29, 0.717) is 15.9 Å². The van der Waals surface area contributed by atoms with Crippen LogP contribution in [0.3, 0.4) is 0 Å². The third-order valence-electron chi connectivity index (χ3n) is 6.64. The Hall–Kier alpha value is -2.99. The fourth-order valence-electron chi connectivity index (χ4n) is 4.41. The van der Waals surface area contributed by atoms with Gasteiger partial charge in [-0.25, -0.2) is 8.42 Å². The molecule has 0 unspecified atom stereocenters. The summed E-state index contributed by atoms with van der Waals surface area (Å²) in [5.41, 5.74) is -0.692. The van der Waals surface area contributed by atoms with Crippen molar-refractivity contribution in [3.8, 4) is 0 Å². The van der Waals surface area contributed by atoms with E-state index in [4.69, 9.17) is 34.8 Å². The first-order chi connectivity index (χ1) is 20.5. The number of rotatable bonds is 11. The van der Waals surface area contributed by atoms with Crippen molar-refractivity contribution in [2.45, 2.75) is 63.8 Å². The van der Waals surface area contributed by atoms with Gasteiger partial charge in [0.1, 0.15) is 12.6 Å². The van der Waals surface area contributed by atoms with E-state index in [1.54, 1.807) is 45.9 Å². The molecular weight excluding hydrogens is 662 g/mol. The van der Waals surface area contributed by atoms with Gasteiger partial charge >= 0.3 is 6.18 Å². The fourth-order valence-corrected chi connectivity index (χ4v) is 6.55. The second kappa shape index (κ2) is 14.4. The van der Waals surface area contributed by atoms with Crippen LogP contribution in [0.25, 0.3) is 0 Å². The number of aryl methyl sites for hydroxylation is 1. The molecule has 0 heterocycles. The van der Waals surface area contributed by atoms with Crippen LogP contribution in [0.5, 0.6) is 0 Å². The van der Waals surface area contributed by atoms with Crippen LogP contribution >= 0.6 is 34.8 Å². The summed E-state index contributed by atoms with van der Waals surface area (Å²) < 4.78 is 69.9. The van der Waals surface area contributed by atoms with Gasteiger partial charge in [-0.3, -0.25) is 13.9 Å². The molecule has 1 N–H and O–H groups in total. The average molecular weight is 693 g/mol. The summed E-state index contributed by atoms with van der Waals surface area (Å²) in [5, 5.41) is 2.50. The van der Waals surface area contributed by atoms with Gasteiger partial charge < -0.3 is 10.2 Å². The SMILES string of the molecule is CC[C@@H](C(=O)NC(C)C)N(Cc1c(Cl)cccc1Cl)C(=O)CN(c1ccc(Cl)c(C(F)(F)F)c1)S(=O)(=O)c1ccc(C)cc1. The standard InChI is InChI=1S/C30H31Cl3F3N3O4S/c1-5-27(29(41)37-18(2)3)38(16-22-24(31)7-6-8-25(22)32)28(40)17-39(44(42,43)21-12-9-19(4)10-13-21)20-11-14-26(33)23(15-20)30(34,35)36/h6-15,18,27H,5,16-17H2,1-4H3,(H,37,41)/t27-/m0/s1. The van der Waals surface area contributed by atoms with E-state index in [1.807, 2.05) is 0 Å². The highest BCUT2D eigenvalue weighted by molar-refractivity contribution is 7.92. The lowest BCUT2D eigenvalue weighted by molar-refractivity contribution is -0.140. The molecule has 0 aromatic heterocycles. The molecule has 3 aromatic rings. The van der Waals surface area contributed by atoms with Crippen LogP contribution in [-0.4, -0.2) is 43.8 Å². The van der Waals surface area contributed by atoms with Gasteiger partial charge in [-0.15, -0.1) is 0 Å². The second-order valence-electron chi connectivity index (χ2n) is 10.3.